The Hall–Kier alpha value is -3.55. The first-order chi connectivity index (χ1) is 13.5. The number of carbonyl (C=O) groups is 1. The molecule has 1 amide bonds. The first-order valence-electron chi connectivity index (χ1n) is 8.38. The number of ether oxygens (including phenoxy) is 1. The maximum Gasteiger partial charge on any atom is 0.255 e. The number of nitrogens with one attached hydrogen (secondary N) is 2. The van der Waals surface area contributed by atoms with Crippen LogP contribution in [-0.2, 0) is 0 Å². The van der Waals surface area contributed by atoms with Gasteiger partial charge in [-0.25, -0.2) is 18.2 Å². The molecule has 0 atom stereocenters. The first-order valence-corrected chi connectivity index (χ1v) is 8.38. The molecule has 0 bridgehead atoms. The molecule has 0 spiro atoms. The summed E-state index contributed by atoms with van der Waals surface area (Å²) in [5.74, 6) is -4.03. The zero-order valence-electron chi connectivity index (χ0n) is 14.8. The number of hydrogen-bond donors (Lipinski definition) is 2. The molecule has 2 aromatic carbocycles. The average Bonchev–Trinajstić information content (AvgIpc) is 2.70. The molecular weight excluding hydrogens is 371 g/mol. The Morgan fingerprint density at radius 3 is 2.50 bits per heavy atom. The fourth-order valence-corrected chi connectivity index (χ4v) is 2.41. The van der Waals surface area contributed by atoms with Crippen molar-refractivity contribution >= 4 is 23.1 Å². The van der Waals surface area contributed by atoms with Crippen LogP contribution in [0.15, 0.2) is 54.7 Å². The van der Waals surface area contributed by atoms with Gasteiger partial charge < -0.3 is 15.4 Å². The number of rotatable bonds is 6. The zero-order chi connectivity index (χ0) is 20.1. The van der Waals surface area contributed by atoms with Crippen LogP contribution in [0.1, 0.15) is 17.3 Å². The van der Waals surface area contributed by atoms with Crippen molar-refractivity contribution in [1.29, 1.82) is 0 Å². The number of pyridine rings is 1. The normalized spacial score (nSPS) is 10.4. The number of halogens is 3. The van der Waals surface area contributed by atoms with Gasteiger partial charge in [0.05, 0.1) is 12.3 Å². The largest absolute Gasteiger partial charge is 0.494 e. The molecule has 0 unspecified atom stereocenters. The Balaban J connectivity index is 1.73. The quantitative estimate of drug-likeness (QED) is 0.591. The fourth-order valence-electron chi connectivity index (χ4n) is 2.41. The minimum atomic E-state index is -1.65. The number of aromatic nitrogens is 1. The van der Waals surface area contributed by atoms with Gasteiger partial charge in [-0.3, -0.25) is 4.79 Å². The maximum absolute atomic E-state index is 13.7. The lowest BCUT2D eigenvalue weighted by atomic mass is 10.2. The Kier molecular flexibility index (Phi) is 5.78. The molecule has 8 heteroatoms. The number of benzene rings is 2. The van der Waals surface area contributed by atoms with Crippen molar-refractivity contribution in [1.82, 2.24) is 4.98 Å². The summed E-state index contributed by atoms with van der Waals surface area (Å²) in [6, 6.07) is 11.7. The van der Waals surface area contributed by atoms with Crippen LogP contribution in [0, 0.1) is 17.5 Å². The minimum Gasteiger partial charge on any atom is -0.494 e. The summed E-state index contributed by atoms with van der Waals surface area (Å²) in [6.45, 7) is 2.45. The standard InChI is InChI=1S/C20H16F3N3O2/c1-2-28-14-5-3-13(4-6-14)25-17-11-12(9-10-24-17)20(27)26-16-8-7-15(21)18(22)19(16)23/h3-11H,2H2,1H3,(H,24,25)(H,26,27). The summed E-state index contributed by atoms with van der Waals surface area (Å²) >= 11 is 0. The highest BCUT2D eigenvalue weighted by atomic mass is 19.2. The summed E-state index contributed by atoms with van der Waals surface area (Å²) in [5.41, 5.74) is 0.425. The summed E-state index contributed by atoms with van der Waals surface area (Å²) in [5, 5.41) is 5.24. The highest BCUT2D eigenvalue weighted by Gasteiger charge is 2.16. The SMILES string of the molecule is CCOc1ccc(Nc2cc(C(=O)Nc3ccc(F)c(F)c3F)ccn2)cc1. The number of hydrogen-bond acceptors (Lipinski definition) is 4. The van der Waals surface area contributed by atoms with Crippen molar-refractivity contribution in [2.24, 2.45) is 0 Å². The van der Waals surface area contributed by atoms with E-state index in [9.17, 15) is 18.0 Å². The van der Waals surface area contributed by atoms with E-state index in [0.29, 0.717) is 12.4 Å². The monoisotopic (exact) mass is 387 g/mol. The molecule has 3 aromatic rings. The predicted octanol–water partition coefficient (Wildman–Crippen LogP) is 4.89. The molecule has 0 saturated carbocycles. The van der Waals surface area contributed by atoms with Gasteiger partial charge in [-0.05, 0) is 55.5 Å². The molecule has 0 aliphatic carbocycles. The molecule has 0 aliphatic heterocycles. The van der Waals surface area contributed by atoms with Crippen molar-refractivity contribution in [3.8, 4) is 5.75 Å². The first kappa shape index (κ1) is 19.2. The van der Waals surface area contributed by atoms with Gasteiger partial charge >= 0.3 is 0 Å². The van der Waals surface area contributed by atoms with Gasteiger partial charge in [0, 0.05) is 17.4 Å². The Labute approximate surface area is 159 Å². The lowest BCUT2D eigenvalue weighted by Crippen LogP contribution is -2.14. The Morgan fingerprint density at radius 1 is 1.04 bits per heavy atom. The zero-order valence-corrected chi connectivity index (χ0v) is 14.8. The van der Waals surface area contributed by atoms with Crippen molar-refractivity contribution in [3.05, 3.63) is 77.7 Å². The lowest BCUT2D eigenvalue weighted by Gasteiger charge is -2.10. The van der Waals surface area contributed by atoms with Crippen molar-refractivity contribution < 1.29 is 22.7 Å². The van der Waals surface area contributed by atoms with Crippen LogP contribution in [0.3, 0.4) is 0 Å². The minimum absolute atomic E-state index is 0.160. The van der Waals surface area contributed by atoms with Gasteiger partial charge in [0.1, 0.15) is 11.6 Å². The van der Waals surface area contributed by atoms with E-state index in [-0.39, 0.29) is 5.56 Å². The van der Waals surface area contributed by atoms with E-state index in [1.54, 1.807) is 24.3 Å². The summed E-state index contributed by atoms with van der Waals surface area (Å²) in [7, 11) is 0. The maximum atomic E-state index is 13.7. The van der Waals surface area contributed by atoms with Gasteiger partial charge in [-0.2, -0.15) is 0 Å². The third-order valence-electron chi connectivity index (χ3n) is 3.74. The molecular formula is C20H16F3N3O2. The molecule has 3 rings (SSSR count). The van der Waals surface area contributed by atoms with E-state index >= 15 is 0 Å². The Morgan fingerprint density at radius 2 is 1.79 bits per heavy atom. The molecule has 5 nitrogen and oxygen atoms in total. The third kappa shape index (κ3) is 4.40. The van der Waals surface area contributed by atoms with E-state index in [1.165, 1.54) is 18.3 Å². The molecule has 28 heavy (non-hydrogen) atoms. The van der Waals surface area contributed by atoms with Gasteiger partial charge in [-0.1, -0.05) is 0 Å². The van der Waals surface area contributed by atoms with E-state index < -0.39 is 29.0 Å². The van der Waals surface area contributed by atoms with Crippen molar-refractivity contribution in [2.45, 2.75) is 6.92 Å². The van der Waals surface area contributed by atoms with E-state index in [1.807, 2.05) is 6.92 Å². The molecule has 1 heterocycles. The lowest BCUT2D eigenvalue weighted by molar-refractivity contribution is 0.102. The van der Waals surface area contributed by atoms with Crippen LogP contribution in [-0.4, -0.2) is 17.5 Å². The average molecular weight is 387 g/mol. The fraction of sp³-hybridized carbons (Fsp3) is 0.100. The second kappa shape index (κ2) is 8.43. The second-order valence-electron chi connectivity index (χ2n) is 5.69. The molecule has 0 fully saturated rings. The smallest absolute Gasteiger partial charge is 0.255 e. The van der Waals surface area contributed by atoms with Crippen LogP contribution in [0.5, 0.6) is 5.75 Å². The second-order valence-corrected chi connectivity index (χ2v) is 5.69. The van der Waals surface area contributed by atoms with Gasteiger partial charge in [0.2, 0.25) is 0 Å². The topological polar surface area (TPSA) is 63.2 Å². The molecule has 1 aromatic heterocycles. The van der Waals surface area contributed by atoms with E-state index in [0.717, 1.165) is 23.6 Å². The van der Waals surface area contributed by atoms with Crippen LogP contribution in [0.4, 0.5) is 30.4 Å². The summed E-state index contributed by atoms with van der Waals surface area (Å²) in [4.78, 5) is 16.4. The summed E-state index contributed by atoms with van der Waals surface area (Å²) in [6.07, 6.45) is 1.40. The van der Waals surface area contributed by atoms with Crippen LogP contribution < -0.4 is 15.4 Å². The highest BCUT2D eigenvalue weighted by molar-refractivity contribution is 6.04. The summed E-state index contributed by atoms with van der Waals surface area (Å²) < 4.78 is 45.4. The molecule has 0 radical (unpaired) electrons. The van der Waals surface area contributed by atoms with Crippen molar-refractivity contribution in [2.75, 3.05) is 17.2 Å². The van der Waals surface area contributed by atoms with Gasteiger partial charge in [0.25, 0.3) is 5.91 Å². The number of amides is 1. The van der Waals surface area contributed by atoms with Crippen molar-refractivity contribution in [3.63, 3.8) is 0 Å². The van der Waals surface area contributed by atoms with Gasteiger partial charge in [0.15, 0.2) is 17.5 Å². The molecule has 0 aliphatic rings. The number of carbonyl (C=O) groups excluding carboxylic acids is 1. The van der Waals surface area contributed by atoms with Crippen LogP contribution in [0.25, 0.3) is 0 Å². The number of nitrogens with zero attached hydrogens (tertiary/aromatic N) is 1. The predicted molar refractivity (Wildman–Crippen MR) is 99.4 cm³/mol. The third-order valence-corrected chi connectivity index (χ3v) is 3.74. The van der Waals surface area contributed by atoms with Crippen LogP contribution in [0.2, 0.25) is 0 Å². The van der Waals surface area contributed by atoms with E-state index in [2.05, 4.69) is 15.6 Å². The molecule has 2 N–H and O–H groups in total. The highest BCUT2D eigenvalue weighted by Crippen LogP contribution is 2.22. The van der Waals surface area contributed by atoms with Crippen LogP contribution >= 0.6 is 0 Å². The van der Waals surface area contributed by atoms with Gasteiger partial charge in [-0.15, -0.1) is 0 Å². The molecule has 144 valence electrons. The van der Waals surface area contributed by atoms with E-state index in [4.69, 9.17) is 4.74 Å². The number of anilines is 3. The Bertz CT molecular complexity index is 994. The molecule has 0 saturated heterocycles.